The normalized spacial score (nSPS) is 14.1. The molecule has 1 fully saturated rings. The molecular formula is C19H19FN6O3. The topological polar surface area (TPSA) is 101 Å². The first-order chi connectivity index (χ1) is 14.1. The van der Waals surface area contributed by atoms with Crippen LogP contribution in [0.3, 0.4) is 0 Å². The maximum absolute atomic E-state index is 14.0. The molecule has 2 aromatic heterocycles. The Bertz CT molecular complexity index is 989. The molecule has 1 aliphatic rings. The first-order valence-corrected chi connectivity index (χ1v) is 9.13. The van der Waals surface area contributed by atoms with Gasteiger partial charge in [-0.25, -0.2) is 14.4 Å². The number of nitro groups is 1. The van der Waals surface area contributed by atoms with E-state index in [4.69, 9.17) is 4.42 Å². The molecule has 9 nitrogen and oxygen atoms in total. The van der Waals surface area contributed by atoms with Crippen LogP contribution in [0.1, 0.15) is 5.76 Å². The number of nitrogens with one attached hydrogen (secondary N) is 1. The smallest absolute Gasteiger partial charge is 0.353 e. The molecule has 1 saturated heterocycles. The third-order valence-electron chi connectivity index (χ3n) is 4.77. The van der Waals surface area contributed by atoms with Crippen molar-refractivity contribution in [2.24, 2.45) is 0 Å². The molecule has 1 aliphatic heterocycles. The predicted molar refractivity (Wildman–Crippen MR) is 106 cm³/mol. The second kappa shape index (κ2) is 8.13. The third-order valence-corrected chi connectivity index (χ3v) is 4.77. The van der Waals surface area contributed by atoms with Crippen molar-refractivity contribution in [3.8, 4) is 0 Å². The van der Waals surface area contributed by atoms with Gasteiger partial charge in [0.1, 0.15) is 17.9 Å². The van der Waals surface area contributed by atoms with Crippen LogP contribution in [0.15, 0.2) is 53.4 Å². The Labute approximate surface area is 165 Å². The number of halogens is 1. The second-order valence-electron chi connectivity index (χ2n) is 6.51. The molecule has 0 atom stereocenters. The molecule has 150 valence electrons. The molecule has 4 rings (SSSR count). The summed E-state index contributed by atoms with van der Waals surface area (Å²) in [5.74, 6) is 0.740. The van der Waals surface area contributed by atoms with Crippen molar-refractivity contribution in [1.82, 2.24) is 9.97 Å². The molecule has 0 radical (unpaired) electrons. The number of benzene rings is 1. The van der Waals surface area contributed by atoms with Gasteiger partial charge in [0.2, 0.25) is 11.6 Å². The number of hydrogen-bond acceptors (Lipinski definition) is 8. The number of rotatable bonds is 6. The van der Waals surface area contributed by atoms with Gasteiger partial charge in [-0.1, -0.05) is 12.1 Å². The van der Waals surface area contributed by atoms with E-state index in [1.165, 1.54) is 18.7 Å². The van der Waals surface area contributed by atoms with E-state index in [0.717, 1.165) is 0 Å². The molecular weight excluding hydrogens is 379 g/mol. The molecule has 3 heterocycles. The van der Waals surface area contributed by atoms with Gasteiger partial charge in [0.15, 0.2) is 0 Å². The summed E-state index contributed by atoms with van der Waals surface area (Å²) < 4.78 is 19.3. The maximum Gasteiger partial charge on any atom is 0.353 e. The van der Waals surface area contributed by atoms with E-state index in [0.29, 0.717) is 37.6 Å². The van der Waals surface area contributed by atoms with Crippen molar-refractivity contribution in [1.29, 1.82) is 0 Å². The highest BCUT2D eigenvalue weighted by molar-refractivity contribution is 5.70. The highest BCUT2D eigenvalue weighted by Gasteiger charge is 2.29. The Kier molecular flexibility index (Phi) is 5.23. The highest BCUT2D eigenvalue weighted by Crippen LogP contribution is 2.33. The molecule has 3 aromatic rings. The maximum atomic E-state index is 14.0. The summed E-state index contributed by atoms with van der Waals surface area (Å²) in [5, 5.41) is 14.7. The van der Waals surface area contributed by atoms with Crippen LogP contribution in [0, 0.1) is 15.9 Å². The zero-order valence-corrected chi connectivity index (χ0v) is 15.5. The van der Waals surface area contributed by atoms with Gasteiger partial charge in [-0.3, -0.25) is 10.1 Å². The summed E-state index contributed by atoms with van der Waals surface area (Å²) in [7, 11) is 0. The number of anilines is 3. The molecule has 0 aliphatic carbocycles. The molecule has 0 unspecified atom stereocenters. The van der Waals surface area contributed by atoms with Gasteiger partial charge in [0.25, 0.3) is 0 Å². The number of nitrogens with zero attached hydrogens (tertiary/aromatic N) is 5. The summed E-state index contributed by atoms with van der Waals surface area (Å²) in [6.45, 7) is 2.27. The zero-order valence-electron chi connectivity index (χ0n) is 15.5. The minimum atomic E-state index is -0.483. The van der Waals surface area contributed by atoms with E-state index < -0.39 is 4.92 Å². The monoisotopic (exact) mass is 398 g/mol. The summed E-state index contributed by atoms with van der Waals surface area (Å²) in [6, 6.07) is 10.1. The van der Waals surface area contributed by atoms with Gasteiger partial charge in [0.05, 0.1) is 23.4 Å². The van der Waals surface area contributed by atoms with Crippen LogP contribution in [-0.2, 0) is 6.54 Å². The average Bonchev–Trinajstić information content (AvgIpc) is 3.26. The molecule has 10 heteroatoms. The SMILES string of the molecule is O=[N+]([O-])c1c(NCc2ccco2)ncnc1N1CCN(c2ccccc2F)CC1. The number of piperazine rings is 1. The van der Waals surface area contributed by atoms with Gasteiger partial charge >= 0.3 is 5.69 Å². The number of hydrogen-bond donors (Lipinski definition) is 1. The zero-order chi connectivity index (χ0) is 20.2. The Morgan fingerprint density at radius 2 is 1.86 bits per heavy atom. The van der Waals surface area contributed by atoms with Crippen molar-refractivity contribution in [2.75, 3.05) is 41.3 Å². The van der Waals surface area contributed by atoms with Gasteiger partial charge < -0.3 is 19.5 Å². The van der Waals surface area contributed by atoms with E-state index in [2.05, 4.69) is 15.3 Å². The van der Waals surface area contributed by atoms with Crippen LogP contribution < -0.4 is 15.1 Å². The quantitative estimate of drug-likeness (QED) is 0.499. The Hall–Kier alpha value is -3.69. The van der Waals surface area contributed by atoms with Crippen molar-refractivity contribution in [2.45, 2.75) is 6.54 Å². The lowest BCUT2D eigenvalue weighted by atomic mass is 10.2. The van der Waals surface area contributed by atoms with Gasteiger partial charge in [0, 0.05) is 26.2 Å². The Morgan fingerprint density at radius 1 is 1.10 bits per heavy atom. The van der Waals surface area contributed by atoms with Crippen LogP contribution in [0.25, 0.3) is 0 Å². The fourth-order valence-corrected chi connectivity index (χ4v) is 3.35. The van der Waals surface area contributed by atoms with Crippen molar-refractivity contribution in [3.05, 3.63) is 70.7 Å². The van der Waals surface area contributed by atoms with E-state index in [1.54, 1.807) is 30.3 Å². The van der Waals surface area contributed by atoms with E-state index in [1.807, 2.05) is 9.80 Å². The van der Waals surface area contributed by atoms with Crippen molar-refractivity contribution < 1.29 is 13.7 Å². The fraction of sp³-hybridized carbons (Fsp3) is 0.263. The average molecular weight is 398 g/mol. The molecule has 0 amide bonds. The van der Waals surface area contributed by atoms with Crippen molar-refractivity contribution >= 4 is 23.0 Å². The molecule has 1 N–H and O–H groups in total. The van der Waals surface area contributed by atoms with Crippen LogP contribution in [0.4, 0.5) is 27.4 Å². The first kappa shape index (κ1) is 18.7. The summed E-state index contributed by atoms with van der Waals surface area (Å²) in [5.41, 5.74) is 0.350. The first-order valence-electron chi connectivity index (χ1n) is 9.13. The van der Waals surface area contributed by atoms with E-state index in [9.17, 15) is 14.5 Å². The minimum Gasteiger partial charge on any atom is -0.467 e. The summed E-state index contributed by atoms with van der Waals surface area (Å²) in [6.07, 6.45) is 2.84. The van der Waals surface area contributed by atoms with Crippen LogP contribution >= 0.6 is 0 Å². The Balaban J connectivity index is 1.52. The predicted octanol–water partition coefficient (Wildman–Crippen LogP) is 3.06. The summed E-state index contributed by atoms with van der Waals surface area (Å²) >= 11 is 0. The summed E-state index contributed by atoms with van der Waals surface area (Å²) in [4.78, 5) is 23.2. The largest absolute Gasteiger partial charge is 0.467 e. The standard InChI is InChI=1S/C19H19FN6O3/c20-15-5-1-2-6-16(15)24-7-9-25(10-8-24)19-17(26(27)28)18(22-13-23-19)21-12-14-4-3-11-29-14/h1-6,11,13H,7-10,12H2,(H,21,22,23). The molecule has 0 spiro atoms. The fourth-order valence-electron chi connectivity index (χ4n) is 3.35. The van der Waals surface area contributed by atoms with Crippen LogP contribution in [-0.4, -0.2) is 41.1 Å². The minimum absolute atomic E-state index is 0.132. The second-order valence-corrected chi connectivity index (χ2v) is 6.51. The third kappa shape index (κ3) is 3.96. The van der Waals surface area contributed by atoms with E-state index in [-0.39, 0.29) is 29.7 Å². The van der Waals surface area contributed by atoms with Gasteiger partial charge in [-0.15, -0.1) is 0 Å². The lowest BCUT2D eigenvalue weighted by molar-refractivity contribution is -0.383. The number of furan rings is 1. The lowest BCUT2D eigenvalue weighted by Gasteiger charge is -2.36. The number of aromatic nitrogens is 2. The lowest BCUT2D eigenvalue weighted by Crippen LogP contribution is -2.47. The molecule has 29 heavy (non-hydrogen) atoms. The van der Waals surface area contributed by atoms with Crippen LogP contribution in [0.5, 0.6) is 0 Å². The highest BCUT2D eigenvalue weighted by atomic mass is 19.1. The Morgan fingerprint density at radius 3 is 2.55 bits per heavy atom. The number of para-hydroxylation sites is 1. The van der Waals surface area contributed by atoms with Crippen LogP contribution in [0.2, 0.25) is 0 Å². The molecule has 0 bridgehead atoms. The molecule has 1 aromatic carbocycles. The van der Waals surface area contributed by atoms with Gasteiger partial charge in [-0.2, -0.15) is 0 Å². The molecule has 0 saturated carbocycles. The van der Waals surface area contributed by atoms with E-state index >= 15 is 0 Å². The van der Waals surface area contributed by atoms with Gasteiger partial charge in [-0.05, 0) is 24.3 Å². The van der Waals surface area contributed by atoms with Crippen molar-refractivity contribution in [3.63, 3.8) is 0 Å².